The fourth-order valence-corrected chi connectivity index (χ4v) is 0.376. The SMILES string of the molecule is C=C/C=C\C=C/CCl. The second-order valence-corrected chi connectivity index (χ2v) is 1.51. The van der Waals surface area contributed by atoms with Gasteiger partial charge in [-0.15, -0.1) is 11.6 Å². The number of rotatable bonds is 3. The molecule has 44 valence electrons. The number of hydrogen-bond acceptors (Lipinski definition) is 0. The molecule has 0 rings (SSSR count). The van der Waals surface area contributed by atoms with Gasteiger partial charge in [0.1, 0.15) is 0 Å². The molecule has 0 N–H and O–H groups in total. The van der Waals surface area contributed by atoms with E-state index in [9.17, 15) is 0 Å². The average molecular weight is 129 g/mol. The van der Waals surface area contributed by atoms with E-state index in [1.165, 1.54) is 0 Å². The van der Waals surface area contributed by atoms with Gasteiger partial charge in [-0.1, -0.05) is 37.0 Å². The van der Waals surface area contributed by atoms with Crippen molar-refractivity contribution in [3.63, 3.8) is 0 Å². The van der Waals surface area contributed by atoms with Crippen molar-refractivity contribution in [3.8, 4) is 0 Å². The highest BCUT2D eigenvalue weighted by molar-refractivity contribution is 6.18. The van der Waals surface area contributed by atoms with Crippen molar-refractivity contribution >= 4 is 11.6 Å². The molecule has 1 heteroatoms. The van der Waals surface area contributed by atoms with Crippen LogP contribution in [0.4, 0.5) is 0 Å². The van der Waals surface area contributed by atoms with E-state index in [1.54, 1.807) is 6.08 Å². The van der Waals surface area contributed by atoms with Gasteiger partial charge in [-0.3, -0.25) is 0 Å². The number of allylic oxidation sites excluding steroid dienone is 5. The molecule has 0 aliphatic heterocycles. The highest BCUT2D eigenvalue weighted by atomic mass is 35.5. The third-order valence-corrected chi connectivity index (χ3v) is 0.762. The summed E-state index contributed by atoms with van der Waals surface area (Å²) in [5.74, 6) is 0.571. The normalized spacial score (nSPS) is 11.1. The van der Waals surface area contributed by atoms with Crippen LogP contribution in [0.1, 0.15) is 0 Å². The van der Waals surface area contributed by atoms with Gasteiger partial charge in [0.05, 0.1) is 0 Å². The topological polar surface area (TPSA) is 0 Å². The van der Waals surface area contributed by atoms with Gasteiger partial charge in [-0.05, 0) is 0 Å². The van der Waals surface area contributed by atoms with Gasteiger partial charge in [0.2, 0.25) is 0 Å². The maximum Gasteiger partial charge on any atom is 0.0407 e. The first-order valence-corrected chi connectivity index (χ1v) is 2.95. The molecular formula is C7H9Cl. The zero-order chi connectivity index (χ0) is 6.24. The second-order valence-electron chi connectivity index (χ2n) is 1.20. The van der Waals surface area contributed by atoms with E-state index >= 15 is 0 Å². The van der Waals surface area contributed by atoms with E-state index in [1.807, 2.05) is 24.3 Å². The molecule has 0 amide bonds. The van der Waals surface area contributed by atoms with E-state index in [0.29, 0.717) is 5.88 Å². The molecule has 0 fully saturated rings. The lowest BCUT2D eigenvalue weighted by atomic mass is 10.4. The Hall–Kier alpha value is -0.490. The average Bonchev–Trinajstić information content (AvgIpc) is 1.81. The number of hydrogen-bond donors (Lipinski definition) is 0. The summed E-state index contributed by atoms with van der Waals surface area (Å²) in [5, 5.41) is 0. The van der Waals surface area contributed by atoms with Crippen molar-refractivity contribution in [2.24, 2.45) is 0 Å². The monoisotopic (exact) mass is 128 g/mol. The van der Waals surface area contributed by atoms with Crippen LogP contribution in [-0.4, -0.2) is 5.88 Å². The number of alkyl halides is 1. The summed E-state index contributed by atoms with van der Waals surface area (Å²) in [6.45, 7) is 3.50. The third-order valence-electron chi connectivity index (χ3n) is 0.583. The molecule has 0 spiro atoms. The van der Waals surface area contributed by atoms with Crippen LogP contribution in [0.2, 0.25) is 0 Å². The smallest absolute Gasteiger partial charge is 0.0407 e. The minimum absolute atomic E-state index is 0.571. The Kier molecular flexibility index (Phi) is 6.11. The molecule has 0 aromatic heterocycles. The van der Waals surface area contributed by atoms with Crippen molar-refractivity contribution < 1.29 is 0 Å². The maximum absolute atomic E-state index is 5.33. The fourth-order valence-electron chi connectivity index (χ4n) is 0.273. The predicted octanol–water partition coefficient (Wildman–Crippen LogP) is 2.52. The molecule has 0 saturated heterocycles. The summed E-state index contributed by atoms with van der Waals surface area (Å²) in [7, 11) is 0. The van der Waals surface area contributed by atoms with E-state index in [4.69, 9.17) is 11.6 Å². The minimum atomic E-state index is 0.571. The summed E-state index contributed by atoms with van der Waals surface area (Å²) in [5.41, 5.74) is 0. The minimum Gasteiger partial charge on any atom is -0.122 e. The maximum atomic E-state index is 5.33. The van der Waals surface area contributed by atoms with Crippen LogP contribution in [0.15, 0.2) is 37.0 Å². The highest BCUT2D eigenvalue weighted by Crippen LogP contribution is 1.79. The predicted molar refractivity (Wildman–Crippen MR) is 39.2 cm³/mol. The molecule has 0 heterocycles. The Morgan fingerprint density at radius 3 is 2.50 bits per heavy atom. The van der Waals surface area contributed by atoms with Gasteiger partial charge >= 0.3 is 0 Å². The first-order valence-electron chi connectivity index (χ1n) is 2.42. The van der Waals surface area contributed by atoms with Gasteiger partial charge in [0.25, 0.3) is 0 Å². The van der Waals surface area contributed by atoms with Crippen LogP contribution in [0.3, 0.4) is 0 Å². The van der Waals surface area contributed by atoms with Gasteiger partial charge in [-0.2, -0.15) is 0 Å². The molecule has 0 unspecified atom stereocenters. The van der Waals surface area contributed by atoms with E-state index in [-0.39, 0.29) is 0 Å². The first kappa shape index (κ1) is 7.51. The quantitative estimate of drug-likeness (QED) is 0.405. The highest BCUT2D eigenvalue weighted by Gasteiger charge is 1.60. The van der Waals surface area contributed by atoms with Crippen LogP contribution in [0.25, 0.3) is 0 Å². The lowest BCUT2D eigenvalue weighted by Crippen LogP contribution is -1.54. The summed E-state index contributed by atoms with van der Waals surface area (Å²) in [4.78, 5) is 0. The Labute approximate surface area is 55.2 Å². The summed E-state index contributed by atoms with van der Waals surface area (Å²) in [6.07, 6.45) is 9.20. The molecule has 0 saturated carbocycles. The van der Waals surface area contributed by atoms with Gasteiger partial charge in [0.15, 0.2) is 0 Å². The van der Waals surface area contributed by atoms with Crippen LogP contribution in [-0.2, 0) is 0 Å². The number of halogens is 1. The van der Waals surface area contributed by atoms with Crippen LogP contribution < -0.4 is 0 Å². The van der Waals surface area contributed by atoms with Crippen molar-refractivity contribution in [1.29, 1.82) is 0 Å². The standard InChI is InChI=1S/C7H9Cl/c1-2-3-4-5-6-7-8/h2-6H,1,7H2/b4-3-,6-5-. The van der Waals surface area contributed by atoms with Crippen LogP contribution >= 0.6 is 11.6 Å². The third kappa shape index (κ3) is 5.51. The van der Waals surface area contributed by atoms with E-state index in [0.717, 1.165) is 0 Å². The lowest BCUT2D eigenvalue weighted by molar-refractivity contribution is 1.74. The van der Waals surface area contributed by atoms with Gasteiger partial charge in [0, 0.05) is 5.88 Å². The molecule has 0 atom stereocenters. The van der Waals surface area contributed by atoms with E-state index in [2.05, 4.69) is 6.58 Å². The van der Waals surface area contributed by atoms with Crippen molar-refractivity contribution in [2.45, 2.75) is 0 Å². The van der Waals surface area contributed by atoms with Crippen molar-refractivity contribution in [3.05, 3.63) is 37.0 Å². The first-order chi connectivity index (χ1) is 3.91. The Morgan fingerprint density at radius 2 is 2.00 bits per heavy atom. The summed E-state index contributed by atoms with van der Waals surface area (Å²) < 4.78 is 0. The molecule has 0 bridgehead atoms. The zero-order valence-electron chi connectivity index (χ0n) is 4.68. The second kappa shape index (κ2) is 6.51. The summed E-state index contributed by atoms with van der Waals surface area (Å²) in [6, 6.07) is 0. The Bertz CT molecular complexity index is 101. The molecular weight excluding hydrogens is 120 g/mol. The van der Waals surface area contributed by atoms with E-state index < -0.39 is 0 Å². The fraction of sp³-hybridized carbons (Fsp3) is 0.143. The van der Waals surface area contributed by atoms with Crippen molar-refractivity contribution in [1.82, 2.24) is 0 Å². The van der Waals surface area contributed by atoms with Crippen molar-refractivity contribution in [2.75, 3.05) is 5.88 Å². The largest absolute Gasteiger partial charge is 0.122 e. The molecule has 0 aromatic rings. The molecule has 0 nitrogen and oxygen atoms in total. The summed E-state index contributed by atoms with van der Waals surface area (Å²) >= 11 is 5.33. The Balaban J connectivity index is 3.26. The van der Waals surface area contributed by atoms with Crippen LogP contribution in [0, 0.1) is 0 Å². The Morgan fingerprint density at radius 1 is 1.25 bits per heavy atom. The molecule has 0 radical (unpaired) electrons. The molecule has 0 aromatic carbocycles. The zero-order valence-corrected chi connectivity index (χ0v) is 5.43. The van der Waals surface area contributed by atoms with Gasteiger partial charge in [-0.25, -0.2) is 0 Å². The molecule has 8 heavy (non-hydrogen) atoms. The van der Waals surface area contributed by atoms with Crippen LogP contribution in [0.5, 0.6) is 0 Å². The lowest BCUT2D eigenvalue weighted by Gasteiger charge is -1.70. The molecule has 0 aliphatic rings. The molecule has 0 aliphatic carbocycles. The van der Waals surface area contributed by atoms with Gasteiger partial charge < -0.3 is 0 Å².